The van der Waals surface area contributed by atoms with Crippen LogP contribution in [-0.2, 0) is 32.8 Å². The topological polar surface area (TPSA) is 78.6 Å². The van der Waals surface area contributed by atoms with Crippen molar-refractivity contribution in [3.63, 3.8) is 0 Å². The average molecular weight is 309 g/mol. The lowest BCUT2D eigenvalue weighted by Crippen LogP contribution is -2.44. The lowest BCUT2D eigenvalue weighted by atomic mass is 9.89. The molecule has 4 atom stereocenters. The molecule has 3 aliphatic heterocycles. The highest BCUT2D eigenvalue weighted by molar-refractivity contribution is 5.30. The molecule has 7 heteroatoms. The summed E-state index contributed by atoms with van der Waals surface area (Å²) >= 11 is 0. The lowest BCUT2D eigenvalue weighted by Gasteiger charge is -2.28. The Labute approximate surface area is 129 Å². The molecule has 1 aromatic heterocycles. The first kappa shape index (κ1) is 14.6. The Morgan fingerprint density at radius 3 is 2.91 bits per heavy atom. The predicted molar refractivity (Wildman–Crippen MR) is 75.8 cm³/mol. The van der Waals surface area contributed by atoms with Gasteiger partial charge in [-0.15, -0.1) is 5.10 Å². The Balaban J connectivity index is 1.66. The average Bonchev–Trinajstić information content (AvgIpc) is 3.10. The van der Waals surface area contributed by atoms with E-state index in [2.05, 4.69) is 17.2 Å². The minimum Gasteiger partial charge on any atom is -0.378 e. The van der Waals surface area contributed by atoms with Gasteiger partial charge in [0.2, 0.25) is 0 Å². The quantitative estimate of drug-likeness (QED) is 0.839. The van der Waals surface area contributed by atoms with Crippen molar-refractivity contribution >= 4 is 0 Å². The zero-order chi connectivity index (χ0) is 15.5. The number of fused-ring (bicyclic) bond motifs is 5. The van der Waals surface area contributed by atoms with Gasteiger partial charge in [0.05, 0.1) is 17.9 Å². The fraction of sp³-hybridized carbons (Fsp3) is 0.867. The summed E-state index contributed by atoms with van der Waals surface area (Å²) < 4.78 is 19.3. The van der Waals surface area contributed by atoms with Crippen molar-refractivity contribution in [1.82, 2.24) is 15.0 Å². The maximum atomic E-state index is 11.4. The molecule has 0 radical (unpaired) electrons. The van der Waals surface area contributed by atoms with Crippen LogP contribution in [-0.4, -0.2) is 44.4 Å². The Morgan fingerprint density at radius 1 is 1.32 bits per heavy atom. The molecule has 1 aromatic rings. The van der Waals surface area contributed by atoms with Crippen LogP contribution in [0.15, 0.2) is 0 Å². The molecule has 0 unspecified atom stereocenters. The molecule has 3 aliphatic rings. The number of hydrogen-bond donors (Lipinski definition) is 1. The van der Waals surface area contributed by atoms with Crippen molar-refractivity contribution in [3.05, 3.63) is 11.4 Å². The smallest absolute Gasteiger partial charge is 0.191 e. The second-order valence-electron chi connectivity index (χ2n) is 6.90. The molecule has 1 N–H and O–H groups in total. The number of aryl methyl sites for hydroxylation is 1. The molecule has 0 saturated carbocycles. The third-order valence-corrected chi connectivity index (χ3v) is 4.82. The number of unbranched alkanes of at least 4 members (excludes halogenated alkanes) is 2. The number of rotatable bonds is 4. The van der Waals surface area contributed by atoms with Crippen LogP contribution in [0.4, 0.5) is 0 Å². The summed E-state index contributed by atoms with van der Waals surface area (Å²) in [6.45, 7) is 6.33. The van der Waals surface area contributed by atoms with E-state index in [9.17, 15) is 5.11 Å². The van der Waals surface area contributed by atoms with Gasteiger partial charge in [0.1, 0.15) is 12.2 Å². The summed E-state index contributed by atoms with van der Waals surface area (Å²) in [6, 6.07) is 0. The van der Waals surface area contributed by atoms with E-state index in [4.69, 9.17) is 14.2 Å². The van der Waals surface area contributed by atoms with Crippen molar-refractivity contribution in [3.8, 4) is 0 Å². The van der Waals surface area contributed by atoms with Gasteiger partial charge in [-0.05, 0) is 26.7 Å². The molecule has 4 heterocycles. The van der Waals surface area contributed by atoms with Crippen LogP contribution in [0.1, 0.15) is 51.4 Å². The van der Waals surface area contributed by atoms with Gasteiger partial charge in [-0.2, -0.15) is 0 Å². The van der Waals surface area contributed by atoms with Crippen LogP contribution in [0.5, 0.6) is 0 Å². The van der Waals surface area contributed by atoms with Gasteiger partial charge in [-0.1, -0.05) is 25.0 Å². The Morgan fingerprint density at radius 2 is 2.14 bits per heavy atom. The largest absolute Gasteiger partial charge is 0.378 e. The second-order valence-corrected chi connectivity index (χ2v) is 6.90. The standard InChI is InChI=1S/C15H23N3O4/c1-4-5-6-7-9-11-15(19)10(8-18(11)17-16-9)20-13-12(15)21-14(2,3)22-13/h10,12-13,19H,4-8H2,1-3H3/t10-,12+,13-,15+/m1/s1. The molecule has 0 spiro atoms. The number of aliphatic hydroxyl groups is 1. The van der Waals surface area contributed by atoms with E-state index in [0.717, 1.165) is 37.1 Å². The third kappa shape index (κ3) is 1.89. The van der Waals surface area contributed by atoms with Gasteiger partial charge in [0, 0.05) is 0 Å². The van der Waals surface area contributed by atoms with Crippen molar-refractivity contribution in [2.24, 2.45) is 0 Å². The van der Waals surface area contributed by atoms with E-state index in [0.29, 0.717) is 6.54 Å². The zero-order valence-electron chi connectivity index (χ0n) is 13.3. The highest BCUT2D eigenvalue weighted by Crippen LogP contribution is 2.51. The van der Waals surface area contributed by atoms with E-state index >= 15 is 0 Å². The SMILES string of the molecule is CCCCCc1nnn2c1[C@@]1(O)[C@@H](C2)O[C@@H]2OC(C)(C)O[C@@H]21. The summed E-state index contributed by atoms with van der Waals surface area (Å²) in [6.07, 6.45) is 2.71. The van der Waals surface area contributed by atoms with Crippen molar-refractivity contribution in [1.29, 1.82) is 0 Å². The fourth-order valence-corrected chi connectivity index (χ4v) is 3.83. The highest BCUT2D eigenvalue weighted by atomic mass is 16.8. The summed E-state index contributed by atoms with van der Waals surface area (Å²) in [5.74, 6) is -0.751. The monoisotopic (exact) mass is 309 g/mol. The minimum absolute atomic E-state index is 0.381. The van der Waals surface area contributed by atoms with Crippen LogP contribution in [0, 0.1) is 0 Å². The molecule has 122 valence electrons. The van der Waals surface area contributed by atoms with Crippen LogP contribution >= 0.6 is 0 Å². The zero-order valence-corrected chi connectivity index (χ0v) is 13.3. The van der Waals surface area contributed by atoms with Gasteiger partial charge in [-0.3, -0.25) is 0 Å². The minimum atomic E-state index is -1.22. The number of hydrogen-bond acceptors (Lipinski definition) is 6. The number of aromatic nitrogens is 3. The molecule has 0 aromatic carbocycles. The molecule has 0 bridgehead atoms. The Kier molecular flexibility index (Phi) is 3.14. The number of nitrogens with zero attached hydrogens (tertiary/aromatic N) is 3. The first-order chi connectivity index (χ1) is 10.5. The van der Waals surface area contributed by atoms with Crippen molar-refractivity contribution < 1.29 is 19.3 Å². The Hall–Kier alpha value is -1.02. The van der Waals surface area contributed by atoms with Gasteiger partial charge < -0.3 is 19.3 Å². The van der Waals surface area contributed by atoms with E-state index in [1.165, 1.54) is 0 Å². The second kappa shape index (κ2) is 4.74. The molecular formula is C15H23N3O4. The van der Waals surface area contributed by atoms with E-state index in [-0.39, 0.29) is 6.10 Å². The number of ether oxygens (including phenoxy) is 3. The van der Waals surface area contributed by atoms with E-state index < -0.39 is 23.8 Å². The lowest BCUT2D eigenvalue weighted by molar-refractivity contribution is -0.228. The summed E-state index contributed by atoms with van der Waals surface area (Å²) in [4.78, 5) is 0. The Bertz CT molecular complexity index is 587. The van der Waals surface area contributed by atoms with Gasteiger partial charge in [0.15, 0.2) is 17.7 Å². The van der Waals surface area contributed by atoms with Gasteiger partial charge >= 0.3 is 0 Å². The van der Waals surface area contributed by atoms with Crippen LogP contribution in [0.25, 0.3) is 0 Å². The van der Waals surface area contributed by atoms with Crippen LogP contribution in [0.3, 0.4) is 0 Å². The van der Waals surface area contributed by atoms with E-state index in [1.807, 2.05) is 13.8 Å². The van der Waals surface area contributed by atoms with Crippen molar-refractivity contribution in [2.75, 3.05) is 0 Å². The predicted octanol–water partition coefficient (Wildman–Crippen LogP) is 1.09. The maximum absolute atomic E-state index is 11.4. The van der Waals surface area contributed by atoms with Gasteiger partial charge in [0.25, 0.3) is 0 Å². The maximum Gasteiger partial charge on any atom is 0.191 e. The summed E-state index contributed by atoms with van der Waals surface area (Å²) in [5.41, 5.74) is 0.391. The summed E-state index contributed by atoms with van der Waals surface area (Å²) in [7, 11) is 0. The first-order valence-corrected chi connectivity index (χ1v) is 8.12. The first-order valence-electron chi connectivity index (χ1n) is 8.12. The molecular weight excluding hydrogens is 286 g/mol. The molecule has 22 heavy (non-hydrogen) atoms. The fourth-order valence-electron chi connectivity index (χ4n) is 3.83. The highest BCUT2D eigenvalue weighted by Gasteiger charge is 2.68. The molecule has 2 fully saturated rings. The third-order valence-electron chi connectivity index (χ3n) is 4.82. The normalized spacial score (nSPS) is 38.1. The molecule has 2 saturated heterocycles. The van der Waals surface area contributed by atoms with Gasteiger partial charge in [-0.25, -0.2) is 4.68 Å². The van der Waals surface area contributed by atoms with Crippen LogP contribution in [0.2, 0.25) is 0 Å². The molecule has 4 rings (SSSR count). The molecule has 0 amide bonds. The van der Waals surface area contributed by atoms with Crippen molar-refractivity contribution in [2.45, 2.75) is 82.9 Å². The van der Waals surface area contributed by atoms with Crippen LogP contribution < -0.4 is 0 Å². The van der Waals surface area contributed by atoms with E-state index in [1.54, 1.807) is 4.68 Å². The summed E-state index contributed by atoms with van der Waals surface area (Å²) in [5, 5.41) is 19.8. The molecule has 7 nitrogen and oxygen atoms in total. The molecule has 0 aliphatic carbocycles.